The van der Waals surface area contributed by atoms with Crippen molar-refractivity contribution in [2.45, 2.75) is 77.5 Å². The largest absolute Gasteiger partial charge is 0.101 e. The van der Waals surface area contributed by atoms with Crippen LogP contribution in [0, 0.1) is 0 Å². The maximum Gasteiger partial charge on any atom is 0.101 e. The first kappa shape index (κ1) is 13.1. The Morgan fingerprint density at radius 1 is 0.615 bits per heavy atom. The van der Waals surface area contributed by atoms with E-state index in [2.05, 4.69) is 14.8 Å². The monoisotopic (exact) mass is 182 g/mol. The molecular weight excluding hydrogens is 155 g/mol. The van der Waals surface area contributed by atoms with Gasteiger partial charge >= 0.3 is 0 Å². The number of unbranched alkanes of at least 4 members (excludes halogenated alkanes) is 9. The van der Waals surface area contributed by atoms with Crippen molar-refractivity contribution in [3.8, 4) is 0 Å². The van der Waals surface area contributed by atoms with Crippen LogP contribution in [-0.2, 0) is 0 Å². The lowest BCUT2D eigenvalue weighted by Gasteiger charge is -2.00. The summed E-state index contributed by atoms with van der Waals surface area (Å²) < 4.78 is 0. The summed E-state index contributed by atoms with van der Waals surface area (Å²) in [6.07, 6.45) is 15.9. The Kier molecular flexibility index (Phi) is 12.1. The van der Waals surface area contributed by atoms with Gasteiger partial charge in [0.1, 0.15) is 7.85 Å². The van der Waals surface area contributed by atoms with E-state index in [9.17, 15) is 0 Å². The van der Waals surface area contributed by atoms with Gasteiger partial charge in [0.2, 0.25) is 0 Å². The minimum Gasteiger partial charge on any atom is -0.0811 e. The predicted molar refractivity (Wildman–Crippen MR) is 65.2 cm³/mol. The molecule has 0 aromatic carbocycles. The summed E-state index contributed by atoms with van der Waals surface area (Å²) in [6, 6.07) is 0. The summed E-state index contributed by atoms with van der Waals surface area (Å²) in [6.45, 7) is 2.28. The molecular formula is C12H27B. The van der Waals surface area contributed by atoms with Crippen LogP contribution in [0.2, 0.25) is 6.32 Å². The fourth-order valence-corrected chi connectivity index (χ4v) is 1.74. The second-order valence-electron chi connectivity index (χ2n) is 4.18. The van der Waals surface area contributed by atoms with Crippen LogP contribution in [0.5, 0.6) is 0 Å². The van der Waals surface area contributed by atoms with Gasteiger partial charge in [-0.15, -0.1) is 0 Å². The number of rotatable bonds is 10. The summed E-state index contributed by atoms with van der Waals surface area (Å²) in [5.74, 6) is 0. The Labute approximate surface area is 85.9 Å². The minimum atomic E-state index is 1.37. The van der Waals surface area contributed by atoms with E-state index in [0.717, 1.165) is 0 Å². The van der Waals surface area contributed by atoms with Crippen molar-refractivity contribution in [3.63, 3.8) is 0 Å². The molecule has 0 amide bonds. The zero-order valence-corrected chi connectivity index (χ0v) is 9.78. The van der Waals surface area contributed by atoms with Crippen molar-refractivity contribution in [2.75, 3.05) is 0 Å². The molecule has 0 radical (unpaired) electrons. The van der Waals surface area contributed by atoms with Crippen molar-refractivity contribution in [1.29, 1.82) is 0 Å². The third kappa shape index (κ3) is 12.1. The molecule has 0 heterocycles. The van der Waals surface area contributed by atoms with E-state index < -0.39 is 0 Å². The molecule has 0 fully saturated rings. The maximum atomic E-state index is 2.28. The first-order valence-electron chi connectivity index (χ1n) is 6.41. The van der Waals surface area contributed by atoms with Gasteiger partial charge in [0.05, 0.1) is 0 Å². The first-order valence-corrected chi connectivity index (χ1v) is 6.41. The van der Waals surface area contributed by atoms with Crippen molar-refractivity contribution >= 4 is 7.85 Å². The van der Waals surface area contributed by atoms with E-state index in [0.29, 0.717) is 0 Å². The van der Waals surface area contributed by atoms with Crippen molar-refractivity contribution in [1.82, 2.24) is 0 Å². The lowest BCUT2D eigenvalue weighted by atomic mass is 9.98. The molecule has 0 unspecified atom stereocenters. The smallest absolute Gasteiger partial charge is 0.0811 e. The lowest BCUT2D eigenvalue weighted by Crippen LogP contribution is -1.81. The molecule has 78 valence electrons. The highest BCUT2D eigenvalue weighted by Gasteiger charge is 1.90. The highest BCUT2D eigenvalue weighted by molar-refractivity contribution is 6.08. The summed E-state index contributed by atoms with van der Waals surface area (Å²) in [7, 11) is 2.28. The van der Waals surface area contributed by atoms with Crippen LogP contribution in [-0.4, -0.2) is 7.85 Å². The normalized spacial score (nSPS) is 10.5. The quantitative estimate of drug-likeness (QED) is 0.354. The van der Waals surface area contributed by atoms with Gasteiger partial charge in [0, 0.05) is 0 Å². The first-order chi connectivity index (χ1) is 6.41. The van der Waals surface area contributed by atoms with E-state index in [1.54, 1.807) is 0 Å². The fraction of sp³-hybridized carbons (Fsp3) is 1.00. The van der Waals surface area contributed by atoms with Gasteiger partial charge in [-0.1, -0.05) is 77.5 Å². The highest BCUT2D eigenvalue weighted by Crippen LogP contribution is 2.10. The average molecular weight is 182 g/mol. The predicted octanol–water partition coefficient (Wildman–Crippen LogP) is 3.96. The molecule has 0 saturated heterocycles. The van der Waals surface area contributed by atoms with Crippen LogP contribution in [0.3, 0.4) is 0 Å². The zero-order valence-electron chi connectivity index (χ0n) is 9.78. The number of hydrogen-bond acceptors (Lipinski definition) is 0. The molecule has 0 N–H and O–H groups in total. The Hall–Kier alpha value is 0.0649. The molecule has 0 aliphatic rings. The van der Waals surface area contributed by atoms with Gasteiger partial charge in [0.25, 0.3) is 0 Å². The number of hydrogen-bond donors (Lipinski definition) is 0. The topological polar surface area (TPSA) is 0 Å². The summed E-state index contributed by atoms with van der Waals surface area (Å²) in [5, 5.41) is 0. The summed E-state index contributed by atoms with van der Waals surface area (Å²) in [4.78, 5) is 0. The molecule has 0 aromatic heterocycles. The van der Waals surface area contributed by atoms with Gasteiger partial charge in [0.15, 0.2) is 0 Å². The van der Waals surface area contributed by atoms with E-state index in [1.807, 2.05) is 0 Å². The summed E-state index contributed by atoms with van der Waals surface area (Å²) >= 11 is 0. The molecule has 0 aliphatic heterocycles. The van der Waals surface area contributed by atoms with E-state index in [-0.39, 0.29) is 0 Å². The molecule has 0 rings (SSSR count). The Morgan fingerprint density at radius 2 is 1.00 bits per heavy atom. The molecule has 0 bridgehead atoms. The SMILES string of the molecule is BCCCCCCCCCCCC. The standard InChI is InChI=1S/C12H27B/c1-2-3-4-5-6-7-8-9-10-11-12-13/h2-13H2,1H3. The van der Waals surface area contributed by atoms with Gasteiger partial charge in [-0.25, -0.2) is 0 Å². The average Bonchev–Trinajstić information content (AvgIpc) is 2.16. The van der Waals surface area contributed by atoms with Gasteiger partial charge in [-0.05, 0) is 0 Å². The van der Waals surface area contributed by atoms with Crippen LogP contribution in [0.15, 0.2) is 0 Å². The second-order valence-corrected chi connectivity index (χ2v) is 4.18. The Bertz CT molecular complexity index is 71.2. The van der Waals surface area contributed by atoms with Crippen molar-refractivity contribution in [3.05, 3.63) is 0 Å². The summed E-state index contributed by atoms with van der Waals surface area (Å²) in [5.41, 5.74) is 0. The minimum absolute atomic E-state index is 1.37. The van der Waals surface area contributed by atoms with Crippen LogP contribution in [0.25, 0.3) is 0 Å². The second kappa shape index (κ2) is 12.1. The molecule has 0 aliphatic carbocycles. The van der Waals surface area contributed by atoms with Crippen LogP contribution in [0.1, 0.15) is 71.1 Å². The van der Waals surface area contributed by atoms with E-state index >= 15 is 0 Å². The zero-order chi connectivity index (χ0) is 9.78. The Morgan fingerprint density at radius 3 is 1.38 bits per heavy atom. The molecule has 0 aromatic rings. The molecule has 0 spiro atoms. The van der Waals surface area contributed by atoms with Crippen LogP contribution in [0.4, 0.5) is 0 Å². The van der Waals surface area contributed by atoms with Crippen molar-refractivity contribution in [2.24, 2.45) is 0 Å². The molecule has 0 nitrogen and oxygen atoms in total. The van der Waals surface area contributed by atoms with Crippen molar-refractivity contribution < 1.29 is 0 Å². The van der Waals surface area contributed by atoms with Gasteiger partial charge in [-0.2, -0.15) is 0 Å². The lowest BCUT2D eigenvalue weighted by molar-refractivity contribution is 0.562. The molecule has 13 heavy (non-hydrogen) atoms. The molecule has 0 atom stereocenters. The molecule has 1 heteroatoms. The maximum absolute atomic E-state index is 2.28. The van der Waals surface area contributed by atoms with Gasteiger partial charge < -0.3 is 0 Å². The Balaban J connectivity index is 2.76. The van der Waals surface area contributed by atoms with Crippen LogP contribution < -0.4 is 0 Å². The van der Waals surface area contributed by atoms with Gasteiger partial charge in [-0.3, -0.25) is 0 Å². The van der Waals surface area contributed by atoms with Crippen LogP contribution >= 0.6 is 0 Å². The van der Waals surface area contributed by atoms with E-state index in [4.69, 9.17) is 0 Å². The molecule has 0 saturated carbocycles. The third-order valence-electron chi connectivity index (χ3n) is 2.71. The van der Waals surface area contributed by atoms with E-state index in [1.165, 1.54) is 70.5 Å². The highest BCUT2D eigenvalue weighted by atomic mass is 14.0. The third-order valence-corrected chi connectivity index (χ3v) is 2.71. The fourth-order valence-electron chi connectivity index (χ4n) is 1.74.